The molecule has 0 N–H and O–H groups in total. The second kappa shape index (κ2) is 4.44. The van der Waals surface area contributed by atoms with Crippen LogP contribution in [0.5, 0.6) is 0 Å². The van der Waals surface area contributed by atoms with Crippen LogP contribution in [0.4, 0.5) is 5.95 Å². The Morgan fingerprint density at radius 1 is 1.24 bits per heavy atom. The zero-order chi connectivity index (χ0) is 14.4. The molecule has 3 heterocycles. The molecule has 0 unspecified atom stereocenters. The summed E-state index contributed by atoms with van der Waals surface area (Å²) in [6, 6.07) is 9.73. The molecule has 6 nitrogen and oxygen atoms in total. The average molecular weight is 281 g/mol. The highest BCUT2D eigenvalue weighted by Gasteiger charge is 2.30. The van der Waals surface area contributed by atoms with Crippen molar-refractivity contribution in [3.8, 4) is 0 Å². The zero-order valence-electron chi connectivity index (χ0n) is 11.7. The number of benzene rings is 1. The molecule has 0 spiro atoms. The third kappa shape index (κ3) is 1.68. The minimum absolute atomic E-state index is 0.0385. The number of rotatable bonds is 2. The highest BCUT2D eigenvalue weighted by molar-refractivity contribution is 6.05. The molecule has 0 atom stereocenters. The lowest BCUT2D eigenvalue weighted by Gasteiger charge is -2.14. The lowest BCUT2D eigenvalue weighted by molar-refractivity contribution is 0.0978. The molecule has 0 aliphatic carbocycles. The summed E-state index contributed by atoms with van der Waals surface area (Å²) >= 11 is 0. The topological polar surface area (TPSA) is 56.0 Å². The first-order valence-corrected chi connectivity index (χ1v) is 7.08. The van der Waals surface area contributed by atoms with E-state index in [0.717, 1.165) is 23.5 Å². The third-order valence-corrected chi connectivity index (χ3v) is 3.90. The predicted octanol–water partition coefficient (Wildman–Crippen LogP) is 1.91. The quantitative estimate of drug-likeness (QED) is 0.721. The highest BCUT2D eigenvalue weighted by Crippen LogP contribution is 2.28. The summed E-state index contributed by atoms with van der Waals surface area (Å²) in [4.78, 5) is 19.1. The Hall–Kier alpha value is -2.63. The Kier molecular flexibility index (Phi) is 2.57. The van der Waals surface area contributed by atoms with Crippen molar-refractivity contribution in [2.75, 3.05) is 11.4 Å². The minimum Gasteiger partial charge on any atom is -0.308 e. The van der Waals surface area contributed by atoms with Crippen LogP contribution in [0.1, 0.15) is 17.4 Å². The lowest BCUT2D eigenvalue weighted by atomic mass is 10.3. The van der Waals surface area contributed by atoms with Crippen molar-refractivity contribution in [2.24, 2.45) is 0 Å². The summed E-state index contributed by atoms with van der Waals surface area (Å²) in [5, 5.41) is 4.17. The number of hydrogen-bond acceptors (Lipinski definition) is 3. The van der Waals surface area contributed by atoms with Crippen LogP contribution in [0.15, 0.2) is 36.5 Å². The fraction of sp³-hybridized carbons (Fsp3) is 0.267. The van der Waals surface area contributed by atoms with Gasteiger partial charge in [0.2, 0.25) is 5.95 Å². The van der Waals surface area contributed by atoms with Crippen molar-refractivity contribution in [1.82, 2.24) is 19.3 Å². The van der Waals surface area contributed by atoms with Gasteiger partial charge in [0.25, 0.3) is 5.91 Å². The number of carbonyl (C=O) groups is 1. The smallest absolute Gasteiger partial charge is 0.278 e. The summed E-state index contributed by atoms with van der Waals surface area (Å²) in [7, 11) is 0. The molecule has 1 aliphatic rings. The first-order valence-electron chi connectivity index (χ1n) is 7.08. The van der Waals surface area contributed by atoms with Gasteiger partial charge in [-0.25, -0.2) is 4.98 Å². The molecular formula is C15H15N5O. The normalized spacial score (nSPS) is 13.9. The Balaban J connectivity index is 1.78. The van der Waals surface area contributed by atoms with E-state index in [1.165, 1.54) is 0 Å². The SMILES string of the molecule is CCn1nccc1C(=O)N1CCn2c1nc1ccccc12. The molecule has 21 heavy (non-hydrogen) atoms. The number of hydrogen-bond donors (Lipinski definition) is 0. The molecule has 2 aromatic heterocycles. The standard InChI is InChI=1S/C15H15N5O/c1-2-20-13(7-8-16-20)14(21)19-10-9-18-12-6-4-3-5-11(12)17-15(18)19/h3-8H,2,9-10H2,1H3. The number of fused-ring (bicyclic) bond motifs is 3. The fourth-order valence-corrected chi connectivity index (χ4v) is 2.89. The molecule has 0 saturated heterocycles. The van der Waals surface area contributed by atoms with Gasteiger partial charge >= 0.3 is 0 Å². The molecule has 0 bridgehead atoms. The van der Waals surface area contributed by atoms with Crippen molar-refractivity contribution in [3.05, 3.63) is 42.2 Å². The minimum atomic E-state index is -0.0385. The first-order chi connectivity index (χ1) is 10.3. The predicted molar refractivity (Wildman–Crippen MR) is 79.3 cm³/mol. The van der Waals surface area contributed by atoms with E-state index >= 15 is 0 Å². The second-order valence-electron chi connectivity index (χ2n) is 5.04. The maximum absolute atomic E-state index is 12.7. The number of para-hydroxylation sites is 2. The Morgan fingerprint density at radius 3 is 2.95 bits per heavy atom. The van der Waals surface area contributed by atoms with Crippen LogP contribution in [0.25, 0.3) is 11.0 Å². The molecule has 0 saturated carbocycles. The number of aryl methyl sites for hydroxylation is 1. The van der Waals surface area contributed by atoms with Crippen molar-refractivity contribution in [1.29, 1.82) is 0 Å². The molecule has 0 radical (unpaired) electrons. The average Bonchev–Trinajstić information content (AvgIpc) is 3.20. The van der Waals surface area contributed by atoms with Gasteiger partial charge in [0.1, 0.15) is 5.69 Å². The number of imidazole rings is 1. The second-order valence-corrected chi connectivity index (χ2v) is 5.04. The van der Waals surface area contributed by atoms with E-state index in [1.807, 2.05) is 31.2 Å². The van der Waals surface area contributed by atoms with Crippen molar-refractivity contribution in [3.63, 3.8) is 0 Å². The first kappa shape index (κ1) is 12.1. The summed E-state index contributed by atoms with van der Waals surface area (Å²) in [6.07, 6.45) is 1.66. The largest absolute Gasteiger partial charge is 0.308 e. The molecule has 3 aromatic rings. The summed E-state index contributed by atoms with van der Waals surface area (Å²) < 4.78 is 3.81. The monoisotopic (exact) mass is 281 g/mol. The summed E-state index contributed by atoms with van der Waals surface area (Å²) in [5.74, 6) is 0.688. The Bertz CT molecular complexity index is 832. The molecule has 1 amide bonds. The zero-order valence-corrected chi connectivity index (χ0v) is 11.7. The molecule has 0 fully saturated rings. The fourth-order valence-electron chi connectivity index (χ4n) is 2.89. The van der Waals surface area contributed by atoms with Gasteiger partial charge in [0.15, 0.2) is 0 Å². The van der Waals surface area contributed by atoms with E-state index in [4.69, 9.17) is 0 Å². The van der Waals surface area contributed by atoms with Crippen LogP contribution in [0.3, 0.4) is 0 Å². The Morgan fingerprint density at radius 2 is 2.10 bits per heavy atom. The molecular weight excluding hydrogens is 266 g/mol. The van der Waals surface area contributed by atoms with Gasteiger partial charge < -0.3 is 4.57 Å². The highest BCUT2D eigenvalue weighted by atomic mass is 16.2. The molecule has 6 heteroatoms. The van der Waals surface area contributed by atoms with Gasteiger partial charge in [0.05, 0.1) is 11.0 Å². The van der Waals surface area contributed by atoms with Crippen LogP contribution in [-0.2, 0) is 13.1 Å². The van der Waals surface area contributed by atoms with Crippen LogP contribution in [0.2, 0.25) is 0 Å². The summed E-state index contributed by atoms with van der Waals surface area (Å²) in [5.41, 5.74) is 2.61. The number of aromatic nitrogens is 4. The molecule has 4 rings (SSSR count). The molecule has 106 valence electrons. The van der Waals surface area contributed by atoms with Crippen molar-refractivity contribution in [2.45, 2.75) is 20.0 Å². The number of carbonyl (C=O) groups excluding carboxylic acids is 1. The summed E-state index contributed by atoms with van der Waals surface area (Å²) in [6.45, 7) is 4.09. The number of anilines is 1. The van der Waals surface area contributed by atoms with Crippen LogP contribution in [0, 0.1) is 0 Å². The van der Waals surface area contributed by atoms with Gasteiger partial charge in [0, 0.05) is 25.8 Å². The molecule has 1 aliphatic heterocycles. The van der Waals surface area contributed by atoms with E-state index in [1.54, 1.807) is 21.8 Å². The number of amides is 1. The van der Waals surface area contributed by atoms with Crippen molar-refractivity contribution >= 4 is 22.9 Å². The Labute approximate surface area is 121 Å². The van der Waals surface area contributed by atoms with Crippen LogP contribution < -0.4 is 4.90 Å². The maximum Gasteiger partial charge on any atom is 0.278 e. The van der Waals surface area contributed by atoms with Gasteiger partial charge in [-0.05, 0) is 25.1 Å². The van der Waals surface area contributed by atoms with E-state index in [9.17, 15) is 4.79 Å². The van der Waals surface area contributed by atoms with E-state index in [0.29, 0.717) is 18.8 Å². The van der Waals surface area contributed by atoms with Crippen molar-refractivity contribution < 1.29 is 4.79 Å². The van der Waals surface area contributed by atoms with Crippen LogP contribution >= 0.6 is 0 Å². The van der Waals surface area contributed by atoms with Crippen LogP contribution in [-0.4, -0.2) is 31.8 Å². The third-order valence-electron chi connectivity index (χ3n) is 3.90. The van der Waals surface area contributed by atoms with Gasteiger partial charge in [-0.1, -0.05) is 12.1 Å². The van der Waals surface area contributed by atoms with Gasteiger partial charge in [-0.15, -0.1) is 0 Å². The van der Waals surface area contributed by atoms with E-state index < -0.39 is 0 Å². The van der Waals surface area contributed by atoms with E-state index in [-0.39, 0.29) is 5.91 Å². The lowest BCUT2D eigenvalue weighted by Crippen LogP contribution is -2.31. The van der Waals surface area contributed by atoms with E-state index in [2.05, 4.69) is 14.6 Å². The van der Waals surface area contributed by atoms with Gasteiger partial charge in [-0.3, -0.25) is 14.4 Å². The number of nitrogens with zero attached hydrogens (tertiary/aromatic N) is 5. The van der Waals surface area contributed by atoms with Gasteiger partial charge in [-0.2, -0.15) is 5.10 Å². The molecule has 1 aromatic carbocycles. The maximum atomic E-state index is 12.7.